The normalized spacial score (nSPS) is 13.2. The van der Waals surface area contributed by atoms with Crippen LogP contribution in [0.1, 0.15) is 13.3 Å². The fraction of sp³-hybridized carbons (Fsp3) is 0.800. The molecule has 0 spiro atoms. The van der Waals surface area contributed by atoms with Crippen LogP contribution in [0.25, 0.3) is 0 Å². The minimum atomic E-state index is -1.11. The van der Waals surface area contributed by atoms with Gasteiger partial charge < -0.3 is 15.0 Å². The van der Waals surface area contributed by atoms with Crippen molar-refractivity contribution in [2.24, 2.45) is 5.92 Å². The highest BCUT2D eigenvalue weighted by atomic mass is 16.4. The van der Waals surface area contributed by atoms with Crippen LogP contribution in [0, 0.1) is 5.92 Å². The van der Waals surface area contributed by atoms with E-state index in [-0.39, 0.29) is 18.9 Å². The molecule has 8 heavy (non-hydrogen) atoms. The average molecular weight is 117 g/mol. The minimum absolute atomic E-state index is 0.0590. The first-order valence-electron chi connectivity index (χ1n) is 2.47. The fourth-order valence-corrected chi connectivity index (χ4v) is 0.349. The molecule has 0 aromatic heterocycles. The number of hydrogen-bond acceptors (Lipinski definition) is 3. The molecule has 0 aliphatic carbocycles. The zero-order valence-corrected chi connectivity index (χ0v) is 4.76. The third-order valence-electron chi connectivity index (χ3n) is 0.827. The number of rotatable bonds is 3. The van der Waals surface area contributed by atoms with Gasteiger partial charge in [-0.15, -0.1) is 0 Å². The van der Waals surface area contributed by atoms with E-state index in [9.17, 15) is 9.90 Å². The van der Waals surface area contributed by atoms with Crippen molar-refractivity contribution >= 4 is 5.97 Å². The van der Waals surface area contributed by atoms with Crippen molar-refractivity contribution < 1.29 is 15.0 Å². The number of aliphatic hydroxyl groups excluding tert-OH is 1. The van der Waals surface area contributed by atoms with Crippen molar-refractivity contribution in [3.8, 4) is 0 Å². The molecule has 0 bridgehead atoms. The second kappa shape index (κ2) is 3.43. The molecule has 0 radical (unpaired) electrons. The largest absolute Gasteiger partial charge is 0.550 e. The Balaban J connectivity index is 3.24. The van der Waals surface area contributed by atoms with Gasteiger partial charge in [-0.25, -0.2) is 0 Å². The van der Waals surface area contributed by atoms with Crippen LogP contribution in [0.15, 0.2) is 0 Å². The lowest BCUT2D eigenvalue weighted by molar-refractivity contribution is -0.306. The molecule has 0 aromatic rings. The monoisotopic (exact) mass is 117 g/mol. The summed E-state index contributed by atoms with van der Waals surface area (Å²) in [7, 11) is 0. The van der Waals surface area contributed by atoms with Gasteiger partial charge in [-0.3, -0.25) is 0 Å². The molecular weight excluding hydrogens is 108 g/mol. The van der Waals surface area contributed by atoms with Crippen LogP contribution in [0.3, 0.4) is 0 Å². The van der Waals surface area contributed by atoms with E-state index < -0.39 is 5.97 Å². The lowest BCUT2D eigenvalue weighted by atomic mass is 10.1. The predicted octanol–water partition coefficient (Wildman–Crippen LogP) is -1.25. The lowest BCUT2D eigenvalue weighted by Crippen LogP contribution is -2.25. The first-order valence-corrected chi connectivity index (χ1v) is 2.47. The van der Waals surface area contributed by atoms with Gasteiger partial charge in [0.15, 0.2) is 0 Å². The second-order valence-corrected chi connectivity index (χ2v) is 1.86. The fourth-order valence-electron chi connectivity index (χ4n) is 0.349. The number of aliphatic hydroxyl groups is 1. The average Bonchev–Trinajstić information content (AvgIpc) is 1.65. The summed E-state index contributed by atoms with van der Waals surface area (Å²) in [6.07, 6.45) is -0.0590. The maximum Gasteiger partial charge on any atom is 0.0460 e. The standard InChI is InChI=1S/C5H10O3/c1-4(3-6)2-5(7)8/h4,6H,2-3H2,1H3,(H,7,8)/p-1. The molecule has 3 nitrogen and oxygen atoms in total. The minimum Gasteiger partial charge on any atom is -0.550 e. The number of carbonyl (C=O) groups excluding carboxylic acids is 1. The first kappa shape index (κ1) is 7.43. The molecule has 0 rings (SSSR count). The van der Waals surface area contributed by atoms with Gasteiger partial charge in [-0.05, 0) is 12.3 Å². The number of carboxylic acids is 1. The smallest absolute Gasteiger partial charge is 0.0460 e. The highest BCUT2D eigenvalue weighted by Crippen LogP contribution is 1.96. The molecule has 0 aromatic carbocycles. The van der Waals surface area contributed by atoms with Crippen molar-refractivity contribution in [3.63, 3.8) is 0 Å². The number of carboxylic acid groups (broad SMARTS) is 1. The van der Waals surface area contributed by atoms with Crippen LogP contribution >= 0.6 is 0 Å². The zero-order valence-electron chi connectivity index (χ0n) is 4.76. The molecule has 1 N–H and O–H groups in total. The molecule has 0 fully saturated rings. The number of aliphatic carboxylic acids is 1. The van der Waals surface area contributed by atoms with Crippen molar-refractivity contribution in [1.29, 1.82) is 0 Å². The molecular formula is C5H9O3-. The molecule has 0 heterocycles. The molecule has 1 atom stereocenters. The molecule has 1 unspecified atom stereocenters. The molecule has 0 aliphatic heterocycles. The number of hydrogen-bond donors (Lipinski definition) is 1. The molecule has 0 saturated carbocycles. The van der Waals surface area contributed by atoms with Gasteiger partial charge in [0.05, 0.1) is 0 Å². The Morgan fingerprint density at radius 3 is 2.50 bits per heavy atom. The van der Waals surface area contributed by atoms with Crippen LogP contribution < -0.4 is 5.11 Å². The summed E-state index contributed by atoms with van der Waals surface area (Å²) in [6.45, 7) is 1.56. The van der Waals surface area contributed by atoms with E-state index in [1.54, 1.807) is 6.92 Å². The van der Waals surface area contributed by atoms with Gasteiger partial charge >= 0.3 is 0 Å². The third-order valence-corrected chi connectivity index (χ3v) is 0.827. The molecule has 0 aliphatic rings. The SMILES string of the molecule is CC(CO)CC(=O)[O-]. The Kier molecular flexibility index (Phi) is 3.19. The molecule has 48 valence electrons. The van der Waals surface area contributed by atoms with Crippen LogP contribution in [0.2, 0.25) is 0 Å². The van der Waals surface area contributed by atoms with Crippen LogP contribution in [-0.4, -0.2) is 17.7 Å². The summed E-state index contributed by atoms with van der Waals surface area (Å²) in [5.41, 5.74) is 0. The van der Waals surface area contributed by atoms with Crippen LogP contribution in [-0.2, 0) is 4.79 Å². The second-order valence-electron chi connectivity index (χ2n) is 1.86. The number of carbonyl (C=O) groups is 1. The van der Waals surface area contributed by atoms with E-state index in [4.69, 9.17) is 5.11 Å². The lowest BCUT2D eigenvalue weighted by Gasteiger charge is -2.06. The van der Waals surface area contributed by atoms with Crippen molar-refractivity contribution in [2.75, 3.05) is 6.61 Å². The van der Waals surface area contributed by atoms with Gasteiger partial charge in [0.2, 0.25) is 0 Å². The highest BCUT2D eigenvalue weighted by Gasteiger charge is 1.97. The Hall–Kier alpha value is -0.570. The molecule has 0 saturated heterocycles. The Bertz CT molecular complexity index is 79.7. The summed E-state index contributed by atoms with van der Waals surface area (Å²) >= 11 is 0. The topological polar surface area (TPSA) is 60.4 Å². The summed E-state index contributed by atoms with van der Waals surface area (Å²) in [6, 6.07) is 0. The van der Waals surface area contributed by atoms with E-state index in [1.165, 1.54) is 0 Å². The van der Waals surface area contributed by atoms with E-state index >= 15 is 0 Å². The maximum absolute atomic E-state index is 9.75. The van der Waals surface area contributed by atoms with E-state index in [0.29, 0.717) is 0 Å². The quantitative estimate of drug-likeness (QED) is 0.502. The van der Waals surface area contributed by atoms with E-state index in [2.05, 4.69) is 0 Å². The van der Waals surface area contributed by atoms with Gasteiger partial charge in [-0.2, -0.15) is 0 Å². The van der Waals surface area contributed by atoms with Gasteiger partial charge in [0.25, 0.3) is 0 Å². The van der Waals surface area contributed by atoms with Crippen molar-refractivity contribution in [1.82, 2.24) is 0 Å². The van der Waals surface area contributed by atoms with E-state index in [1.807, 2.05) is 0 Å². The summed E-state index contributed by atoms with van der Waals surface area (Å²) in [4.78, 5) is 9.75. The summed E-state index contributed by atoms with van der Waals surface area (Å²) < 4.78 is 0. The first-order chi connectivity index (χ1) is 3.66. The van der Waals surface area contributed by atoms with Gasteiger partial charge in [0.1, 0.15) is 0 Å². The maximum atomic E-state index is 9.75. The Morgan fingerprint density at radius 2 is 2.38 bits per heavy atom. The Morgan fingerprint density at radius 1 is 1.88 bits per heavy atom. The summed E-state index contributed by atoms with van der Waals surface area (Å²) in [5, 5.41) is 18.0. The zero-order chi connectivity index (χ0) is 6.57. The highest BCUT2D eigenvalue weighted by molar-refractivity contribution is 5.64. The summed E-state index contributed by atoms with van der Waals surface area (Å²) in [5.74, 6) is -1.29. The van der Waals surface area contributed by atoms with Gasteiger partial charge in [0, 0.05) is 12.6 Å². The van der Waals surface area contributed by atoms with E-state index in [0.717, 1.165) is 0 Å². The Labute approximate surface area is 47.9 Å². The third kappa shape index (κ3) is 3.61. The molecule has 3 heteroatoms. The van der Waals surface area contributed by atoms with Crippen molar-refractivity contribution in [2.45, 2.75) is 13.3 Å². The van der Waals surface area contributed by atoms with Gasteiger partial charge in [-0.1, -0.05) is 6.92 Å². The van der Waals surface area contributed by atoms with Crippen LogP contribution in [0.5, 0.6) is 0 Å². The van der Waals surface area contributed by atoms with Crippen molar-refractivity contribution in [3.05, 3.63) is 0 Å². The predicted molar refractivity (Wildman–Crippen MR) is 25.9 cm³/mol. The van der Waals surface area contributed by atoms with Crippen LogP contribution in [0.4, 0.5) is 0 Å². The molecule has 0 amide bonds.